The van der Waals surface area contributed by atoms with Crippen LogP contribution >= 0.6 is 23.2 Å². The maximum absolute atomic E-state index is 12.6. The molecule has 9 heteroatoms. The average molecular weight is 455 g/mol. The van der Waals surface area contributed by atoms with Gasteiger partial charge in [-0.2, -0.15) is 0 Å². The van der Waals surface area contributed by atoms with Crippen LogP contribution in [-0.2, 0) is 22.4 Å². The fourth-order valence-electron chi connectivity index (χ4n) is 3.54. The second-order valence-electron chi connectivity index (χ2n) is 7.10. The summed E-state index contributed by atoms with van der Waals surface area (Å²) in [4.78, 5) is 23.6. The number of rotatable bonds is 8. The molecule has 162 valence electrons. The van der Waals surface area contributed by atoms with Crippen LogP contribution < -0.4 is 5.32 Å². The third-order valence-corrected chi connectivity index (χ3v) is 5.60. The number of likely N-dealkylation sites (tertiary alicyclic amines) is 1. The molecule has 0 saturated carbocycles. The fraction of sp³-hybridized carbons (Fsp3) is 0.476. The number of hydrogen-bond acceptors (Lipinski definition) is 5. The highest BCUT2D eigenvalue weighted by atomic mass is 35.5. The Morgan fingerprint density at radius 3 is 2.60 bits per heavy atom. The molecule has 0 bridgehead atoms. The number of alkyl halides is 1. The zero-order valence-electron chi connectivity index (χ0n) is 17.2. The largest absolute Gasteiger partial charge is 0.363 e. The molecule has 1 aromatic carbocycles. The van der Waals surface area contributed by atoms with E-state index in [1.54, 1.807) is 24.1 Å². The van der Waals surface area contributed by atoms with Crippen molar-refractivity contribution in [3.05, 3.63) is 39.6 Å². The van der Waals surface area contributed by atoms with E-state index in [0.29, 0.717) is 40.9 Å². The molecule has 3 rings (SSSR count). The first kappa shape index (κ1) is 22.7. The second-order valence-corrected chi connectivity index (χ2v) is 7.94. The monoisotopic (exact) mass is 454 g/mol. The minimum Gasteiger partial charge on any atom is -0.363 e. The number of likely N-dealkylation sites (N-methyl/N-ethyl adjacent to an activating group) is 1. The Bertz CT molecular complexity index is 928. The third kappa shape index (κ3) is 4.68. The van der Waals surface area contributed by atoms with Gasteiger partial charge in [0.1, 0.15) is 12.5 Å². The number of nitrogens with one attached hydrogen (secondary N) is 1. The van der Waals surface area contributed by atoms with E-state index in [1.165, 1.54) is 0 Å². The van der Waals surface area contributed by atoms with Gasteiger partial charge in [0.2, 0.25) is 0 Å². The predicted octanol–water partition coefficient (Wildman–Crippen LogP) is 4.18. The molecule has 2 aromatic rings. The molecule has 1 aromatic heterocycles. The van der Waals surface area contributed by atoms with Crippen LogP contribution in [0.1, 0.15) is 25.2 Å². The first-order valence-corrected chi connectivity index (χ1v) is 10.7. The van der Waals surface area contributed by atoms with Crippen LogP contribution in [-0.4, -0.2) is 59.8 Å². The minimum absolute atomic E-state index is 0.122. The van der Waals surface area contributed by atoms with Crippen molar-refractivity contribution in [2.45, 2.75) is 38.8 Å². The third-order valence-electron chi connectivity index (χ3n) is 5.05. The Morgan fingerprint density at radius 1 is 1.23 bits per heavy atom. The summed E-state index contributed by atoms with van der Waals surface area (Å²) in [6.07, 6.45) is 0.516. The summed E-state index contributed by atoms with van der Waals surface area (Å²) in [5.74, 6) is 0.428. The maximum Gasteiger partial charge on any atom is 0.253 e. The molecule has 2 atom stereocenters. The highest BCUT2D eigenvalue weighted by Crippen LogP contribution is 2.33. The molecule has 1 aliphatic rings. The SMILES string of the molecule is CCc1nc(-c2ccc(Cl)cc2Cl)c(CC)nc1NC1CN(C)C(=O)C1OCCF. The number of aromatic nitrogens is 2. The van der Waals surface area contributed by atoms with Gasteiger partial charge < -0.3 is 15.0 Å². The quantitative estimate of drug-likeness (QED) is 0.647. The smallest absolute Gasteiger partial charge is 0.253 e. The lowest BCUT2D eigenvalue weighted by Crippen LogP contribution is -2.37. The lowest BCUT2D eigenvalue weighted by Gasteiger charge is -2.21. The van der Waals surface area contributed by atoms with Crippen molar-refractivity contribution in [1.29, 1.82) is 0 Å². The Labute approximate surface area is 185 Å². The molecular weight excluding hydrogens is 430 g/mol. The van der Waals surface area contributed by atoms with E-state index >= 15 is 0 Å². The molecule has 2 unspecified atom stereocenters. The van der Waals surface area contributed by atoms with Crippen molar-refractivity contribution < 1.29 is 13.9 Å². The molecular formula is C21H25Cl2FN4O2. The summed E-state index contributed by atoms with van der Waals surface area (Å²) < 4.78 is 18.1. The van der Waals surface area contributed by atoms with Gasteiger partial charge in [-0.3, -0.25) is 4.79 Å². The molecule has 0 spiro atoms. The highest BCUT2D eigenvalue weighted by Gasteiger charge is 2.40. The molecule has 1 saturated heterocycles. The molecule has 2 heterocycles. The Hall–Kier alpha value is -1.96. The van der Waals surface area contributed by atoms with Gasteiger partial charge in [0.15, 0.2) is 6.10 Å². The molecule has 1 aliphatic heterocycles. The summed E-state index contributed by atoms with van der Waals surface area (Å²) in [5, 5.41) is 4.38. The van der Waals surface area contributed by atoms with Crippen LogP contribution in [0.4, 0.5) is 10.2 Å². The number of ether oxygens (including phenoxy) is 1. The number of benzene rings is 1. The lowest BCUT2D eigenvalue weighted by molar-refractivity contribution is -0.136. The van der Waals surface area contributed by atoms with E-state index in [1.807, 2.05) is 19.9 Å². The number of anilines is 1. The van der Waals surface area contributed by atoms with Crippen LogP contribution in [0, 0.1) is 0 Å². The Kier molecular flexibility index (Phi) is 7.50. The van der Waals surface area contributed by atoms with Gasteiger partial charge >= 0.3 is 0 Å². The topological polar surface area (TPSA) is 67.4 Å². The van der Waals surface area contributed by atoms with Crippen molar-refractivity contribution in [2.24, 2.45) is 0 Å². The van der Waals surface area contributed by atoms with Gasteiger partial charge in [-0.05, 0) is 31.0 Å². The van der Waals surface area contributed by atoms with Crippen LogP contribution in [0.2, 0.25) is 10.0 Å². The number of hydrogen-bond donors (Lipinski definition) is 1. The van der Waals surface area contributed by atoms with Gasteiger partial charge in [-0.15, -0.1) is 0 Å². The highest BCUT2D eigenvalue weighted by molar-refractivity contribution is 6.36. The van der Waals surface area contributed by atoms with Gasteiger partial charge in [0.05, 0.1) is 34.8 Å². The lowest BCUT2D eigenvalue weighted by atomic mass is 10.1. The van der Waals surface area contributed by atoms with Crippen LogP contribution in [0.3, 0.4) is 0 Å². The number of aryl methyl sites for hydroxylation is 2. The summed E-state index contributed by atoms with van der Waals surface area (Å²) in [7, 11) is 1.70. The van der Waals surface area contributed by atoms with Gasteiger partial charge in [0, 0.05) is 24.2 Å². The van der Waals surface area contributed by atoms with Gasteiger partial charge in [0.25, 0.3) is 5.91 Å². The predicted molar refractivity (Wildman–Crippen MR) is 117 cm³/mol. The van der Waals surface area contributed by atoms with E-state index in [9.17, 15) is 9.18 Å². The first-order valence-electron chi connectivity index (χ1n) is 9.93. The van der Waals surface area contributed by atoms with E-state index in [4.69, 9.17) is 37.9 Å². The summed E-state index contributed by atoms with van der Waals surface area (Å²) in [5.41, 5.74) is 3.01. The van der Waals surface area contributed by atoms with Gasteiger partial charge in [-0.1, -0.05) is 37.0 Å². The number of carbonyl (C=O) groups is 1. The van der Waals surface area contributed by atoms with Crippen molar-refractivity contribution in [2.75, 3.05) is 32.2 Å². The van der Waals surface area contributed by atoms with Crippen LogP contribution in [0.15, 0.2) is 18.2 Å². The molecule has 1 fully saturated rings. The molecule has 0 radical (unpaired) electrons. The minimum atomic E-state index is -0.757. The summed E-state index contributed by atoms with van der Waals surface area (Å²) in [6, 6.07) is 4.95. The normalized spacial score (nSPS) is 18.9. The zero-order valence-corrected chi connectivity index (χ0v) is 18.7. The number of halogens is 3. The number of carbonyl (C=O) groups excluding carboxylic acids is 1. The van der Waals surface area contributed by atoms with Crippen molar-refractivity contribution >= 4 is 34.9 Å². The fourth-order valence-corrected chi connectivity index (χ4v) is 4.03. The van der Waals surface area contributed by atoms with E-state index in [0.717, 1.165) is 17.0 Å². The second kappa shape index (κ2) is 9.90. The average Bonchev–Trinajstić information content (AvgIpc) is 2.99. The first-order chi connectivity index (χ1) is 14.4. The van der Waals surface area contributed by atoms with E-state index < -0.39 is 12.8 Å². The summed E-state index contributed by atoms with van der Waals surface area (Å²) >= 11 is 12.4. The Morgan fingerprint density at radius 2 is 1.97 bits per heavy atom. The molecule has 0 aliphatic carbocycles. The molecule has 6 nitrogen and oxygen atoms in total. The summed E-state index contributed by atoms with van der Waals surface area (Å²) in [6.45, 7) is 3.65. The maximum atomic E-state index is 12.6. The van der Waals surface area contributed by atoms with Crippen LogP contribution in [0.25, 0.3) is 11.3 Å². The standard InChI is InChI=1S/C21H25Cl2FN4O2/c1-4-15-18(13-7-6-12(22)10-14(13)23)25-16(5-2)20(26-15)27-17-11-28(3)21(29)19(17)30-9-8-24/h6-7,10,17,19H,4-5,8-9,11H2,1-3H3,(H,26,27). The van der Waals surface area contributed by atoms with E-state index in [-0.39, 0.29) is 18.6 Å². The van der Waals surface area contributed by atoms with Gasteiger partial charge in [-0.25, -0.2) is 14.4 Å². The Balaban J connectivity index is 1.96. The van der Waals surface area contributed by atoms with Crippen LogP contribution in [0.5, 0.6) is 0 Å². The van der Waals surface area contributed by atoms with Crippen molar-refractivity contribution in [3.8, 4) is 11.3 Å². The van der Waals surface area contributed by atoms with Crippen molar-refractivity contribution in [1.82, 2.24) is 14.9 Å². The van der Waals surface area contributed by atoms with E-state index in [2.05, 4.69) is 5.32 Å². The molecule has 30 heavy (non-hydrogen) atoms. The van der Waals surface area contributed by atoms with Crippen molar-refractivity contribution in [3.63, 3.8) is 0 Å². The molecule has 1 amide bonds. The number of amides is 1. The zero-order chi connectivity index (χ0) is 21.8. The number of nitrogens with zero attached hydrogens (tertiary/aromatic N) is 3. The molecule has 1 N–H and O–H groups in total.